The molecule has 1 aromatic carbocycles. The molecule has 23 heavy (non-hydrogen) atoms. The van der Waals surface area contributed by atoms with Crippen molar-refractivity contribution in [2.45, 2.75) is 24.3 Å². The van der Waals surface area contributed by atoms with Crippen LogP contribution in [0, 0.1) is 5.92 Å². The van der Waals surface area contributed by atoms with E-state index in [1.807, 2.05) is 6.07 Å². The smallest absolute Gasteiger partial charge is 0.173 e. The van der Waals surface area contributed by atoms with Crippen molar-refractivity contribution in [2.24, 2.45) is 5.92 Å². The largest absolute Gasteiger partial charge is 0.493 e. The number of hydrogen-bond donors (Lipinski definition) is 0. The Morgan fingerprint density at radius 3 is 2.91 bits per heavy atom. The van der Waals surface area contributed by atoms with Crippen LogP contribution in [0.5, 0.6) is 11.5 Å². The van der Waals surface area contributed by atoms with Crippen LogP contribution in [0.2, 0.25) is 0 Å². The van der Waals surface area contributed by atoms with Crippen LogP contribution < -0.4 is 9.47 Å². The maximum Gasteiger partial charge on any atom is 0.173 e. The zero-order valence-electron chi connectivity index (χ0n) is 13.8. The first-order valence-corrected chi connectivity index (χ1v) is 8.26. The van der Waals surface area contributed by atoms with E-state index >= 15 is 0 Å². The molecule has 3 atom stereocenters. The van der Waals surface area contributed by atoms with E-state index in [1.165, 1.54) is 11.1 Å². The molecular weight excluding hydrogens is 290 g/mol. The highest BCUT2D eigenvalue weighted by Gasteiger charge is 2.61. The Balaban J connectivity index is 1.85. The molecule has 4 nitrogen and oxygen atoms in total. The summed E-state index contributed by atoms with van der Waals surface area (Å²) in [6.07, 6.45) is 6.56. The number of piperidine rings is 1. The van der Waals surface area contributed by atoms with Gasteiger partial charge in [0.05, 0.1) is 19.6 Å². The first-order chi connectivity index (χ1) is 11.2. The molecule has 5 rings (SSSR count). The maximum absolute atomic E-state index is 6.40. The monoisotopic (exact) mass is 311 g/mol. The molecule has 0 amide bonds. The van der Waals surface area contributed by atoms with Gasteiger partial charge >= 0.3 is 0 Å². The van der Waals surface area contributed by atoms with Crippen molar-refractivity contribution >= 4 is 0 Å². The molecule has 2 aliphatic heterocycles. The number of ether oxygens (including phenoxy) is 3. The summed E-state index contributed by atoms with van der Waals surface area (Å²) >= 11 is 0. The van der Waals surface area contributed by atoms with Gasteiger partial charge in [-0.3, -0.25) is 0 Å². The van der Waals surface area contributed by atoms with Gasteiger partial charge in [-0.05, 0) is 44.1 Å². The molecule has 4 aliphatic rings. The van der Waals surface area contributed by atoms with E-state index in [0.29, 0.717) is 12.0 Å². The molecule has 0 radical (unpaired) electrons. The fourth-order valence-electron chi connectivity index (χ4n) is 5.17. The number of likely N-dealkylation sites (tertiary alicyclic amines) is 1. The first-order valence-electron chi connectivity index (χ1n) is 8.26. The van der Waals surface area contributed by atoms with E-state index in [9.17, 15) is 0 Å². The Kier molecular flexibility index (Phi) is 2.54. The van der Waals surface area contributed by atoms with Crippen molar-refractivity contribution in [2.75, 3.05) is 27.8 Å². The summed E-state index contributed by atoms with van der Waals surface area (Å²) < 4.78 is 17.6. The predicted octanol–water partition coefficient (Wildman–Crippen LogP) is 2.63. The molecule has 120 valence electrons. The van der Waals surface area contributed by atoms with Crippen LogP contribution in [0.1, 0.15) is 17.5 Å². The molecule has 1 spiro atoms. The van der Waals surface area contributed by atoms with Crippen LogP contribution in [0.4, 0.5) is 0 Å². The molecule has 0 saturated carbocycles. The molecule has 3 unspecified atom stereocenters. The summed E-state index contributed by atoms with van der Waals surface area (Å²) in [6.45, 7) is 1.08. The molecule has 1 aromatic rings. The Morgan fingerprint density at radius 1 is 1.26 bits per heavy atom. The Morgan fingerprint density at radius 2 is 2.13 bits per heavy atom. The Labute approximate surface area is 136 Å². The summed E-state index contributed by atoms with van der Waals surface area (Å²) in [4.78, 5) is 2.50. The second-order valence-electron chi connectivity index (χ2n) is 6.99. The second kappa shape index (κ2) is 4.32. The highest BCUT2D eigenvalue weighted by molar-refractivity contribution is 5.66. The van der Waals surface area contributed by atoms with E-state index in [1.54, 1.807) is 14.2 Å². The normalized spacial score (nSPS) is 33.3. The van der Waals surface area contributed by atoms with Gasteiger partial charge in [0.15, 0.2) is 23.0 Å². The SMILES string of the molecule is COC1=C2Oc3c(OC)ccc4c3C23CCN(C)C(C4)C3C=C1. The minimum absolute atomic E-state index is 0.0747. The van der Waals surface area contributed by atoms with Crippen molar-refractivity contribution < 1.29 is 14.2 Å². The van der Waals surface area contributed by atoms with Crippen molar-refractivity contribution in [1.82, 2.24) is 4.90 Å². The summed E-state index contributed by atoms with van der Waals surface area (Å²) in [5, 5.41) is 0. The Bertz CT molecular complexity index is 766. The highest BCUT2D eigenvalue weighted by Crippen LogP contribution is 2.63. The van der Waals surface area contributed by atoms with Gasteiger partial charge in [-0.15, -0.1) is 0 Å². The van der Waals surface area contributed by atoms with Gasteiger partial charge in [0, 0.05) is 17.5 Å². The predicted molar refractivity (Wildman–Crippen MR) is 86.7 cm³/mol. The van der Waals surface area contributed by atoms with E-state index in [-0.39, 0.29) is 5.41 Å². The molecule has 2 bridgehead atoms. The third kappa shape index (κ3) is 1.41. The van der Waals surface area contributed by atoms with Gasteiger partial charge < -0.3 is 19.1 Å². The lowest BCUT2D eigenvalue weighted by atomic mass is 9.56. The van der Waals surface area contributed by atoms with Crippen LogP contribution in [0.15, 0.2) is 35.8 Å². The lowest BCUT2D eigenvalue weighted by Crippen LogP contribution is -2.58. The van der Waals surface area contributed by atoms with Crippen molar-refractivity contribution in [3.8, 4) is 11.5 Å². The number of rotatable bonds is 2. The van der Waals surface area contributed by atoms with E-state index in [2.05, 4.69) is 30.2 Å². The molecule has 0 N–H and O–H groups in total. The van der Waals surface area contributed by atoms with Crippen LogP contribution in [0.25, 0.3) is 0 Å². The molecule has 0 aromatic heterocycles. The van der Waals surface area contributed by atoms with E-state index in [0.717, 1.165) is 42.4 Å². The number of allylic oxidation sites excluding steroid dienone is 2. The van der Waals surface area contributed by atoms with Crippen molar-refractivity contribution in [1.29, 1.82) is 0 Å². The first kappa shape index (κ1) is 13.5. The number of nitrogens with zero attached hydrogens (tertiary/aromatic N) is 1. The highest BCUT2D eigenvalue weighted by atomic mass is 16.5. The minimum Gasteiger partial charge on any atom is -0.493 e. The van der Waals surface area contributed by atoms with Gasteiger partial charge in [-0.2, -0.15) is 0 Å². The van der Waals surface area contributed by atoms with Crippen LogP contribution in [0.3, 0.4) is 0 Å². The summed E-state index contributed by atoms with van der Waals surface area (Å²) in [6, 6.07) is 4.78. The third-order valence-electron chi connectivity index (χ3n) is 6.22. The standard InChI is InChI=1S/C19H21NO3/c1-20-9-8-19-12-5-7-15(22-3)18(19)23-17-14(21-2)6-4-11(16(17)19)10-13(12)20/h4-7,12-13H,8-10H2,1-3H3. The Hall–Kier alpha value is -1.94. The average Bonchev–Trinajstić information content (AvgIpc) is 2.92. The van der Waals surface area contributed by atoms with Crippen molar-refractivity contribution in [3.05, 3.63) is 46.9 Å². The second-order valence-corrected chi connectivity index (χ2v) is 6.99. The molecule has 2 aliphatic carbocycles. The summed E-state index contributed by atoms with van der Waals surface area (Å²) in [5.41, 5.74) is 2.67. The topological polar surface area (TPSA) is 30.9 Å². The number of methoxy groups -OCH3 is 2. The molecule has 1 fully saturated rings. The molecule has 1 saturated heterocycles. The van der Waals surface area contributed by atoms with Gasteiger partial charge in [0.2, 0.25) is 0 Å². The fourth-order valence-corrected chi connectivity index (χ4v) is 5.17. The van der Waals surface area contributed by atoms with Crippen LogP contribution in [-0.2, 0) is 16.6 Å². The summed E-state index contributed by atoms with van der Waals surface area (Å²) in [5.74, 6) is 4.02. The van der Waals surface area contributed by atoms with Gasteiger partial charge in [-0.25, -0.2) is 0 Å². The fraction of sp³-hybridized carbons (Fsp3) is 0.474. The van der Waals surface area contributed by atoms with E-state index < -0.39 is 0 Å². The molecule has 2 heterocycles. The minimum atomic E-state index is -0.0747. The van der Waals surface area contributed by atoms with E-state index in [4.69, 9.17) is 14.2 Å². The maximum atomic E-state index is 6.40. The molecular formula is C19H21NO3. The van der Waals surface area contributed by atoms with Crippen molar-refractivity contribution in [3.63, 3.8) is 0 Å². The zero-order valence-corrected chi connectivity index (χ0v) is 13.8. The van der Waals surface area contributed by atoms with Crippen LogP contribution in [-0.4, -0.2) is 38.8 Å². The van der Waals surface area contributed by atoms with Gasteiger partial charge in [0.25, 0.3) is 0 Å². The lowest BCUT2D eigenvalue weighted by molar-refractivity contribution is 0.0613. The average molecular weight is 311 g/mol. The number of hydrogen-bond acceptors (Lipinski definition) is 4. The van der Waals surface area contributed by atoms with Crippen LogP contribution >= 0.6 is 0 Å². The third-order valence-corrected chi connectivity index (χ3v) is 6.22. The quantitative estimate of drug-likeness (QED) is 0.840. The lowest BCUT2D eigenvalue weighted by Gasteiger charge is -2.53. The summed E-state index contributed by atoms with van der Waals surface area (Å²) in [7, 11) is 5.68. The van der Waals surface area contributed by atoms with Gasteiger partial charge in [0.1, 0.15) is 0 Å². The number of benzene rings is 1. The zero-order chi connectivity index (χ0) is 15.8. The van der Waals surface area contributed by atoms with Gasteiger partial charge in [-0.1, -0.05) is 12.1 Å². The molecule has 4 heteroatoms. The number of likely N-dealkylation sites (N-methyl/N-ethyl adjacent to an activating group) is 1.